The number of aromatic amines is 1. The lowest BCUT2D eigenvalue weighted by molar-refractivity contribution is 0.0445. The minimum absolute atomic E-state index is 0.0336. The third-order valence-electron chi connectivity index (χ3n) is 3.18. The summed E-state index contributed by atoms with van der Waals surface area (Å²) in [7, 11) is 0. The van der Waals surface area contributed by atoms with Crippen LogP contribution in [0.15, 0.2) is 54.7 Å². The molecular formula is C15H12F2N2. The number of nitrogens with two attached hydrogens (primary N) is 1. The van der Waals surface area contributed by atoms with E-state index in [0.717, 1.165) is 0 Å². The standard InChI is InChI=1S/C15H12F2N2/c16-15(17,10-4-3-5-11(18)8-10)13-9-19-14-7-2-1-6-12(13)14/h1-9,19H,18H2. The van der Waals surface area contributed by atoms with Gasteiger partial charge in [-0.3, -0.25) is 0 Å². The third kappa shape index (κ3) is 1.85. The van der Waals surface area contributed by atoms with Crippen LogP contribution < -0.4 is 5.73 Å². The van der Waals surface area contributed by atoms with Crippen molar-refractivity contribution in [3.8, 4) is 0 Å². The van der Waals surface area contributed by atoms with Gasteiger partial charge in [-0.1, -0.05) is 30.3 Å². The second-order valence-electron chi connectivity index (χ2n) is 4.45. The van der Waals surface area contributed by atoms with Gasteiger partial charge in [0.2, 0.25) is 0 Å². The lowest BCUT2D eigenvalue weighted by atomic mass is 9.99. The van der Waals surface area contributed by atoms with Crippen molar-refractivity contribution in [2.24, 2.45) is 0 Å². The van der Waals surface area contributed by atoms with Gasteiger partial charge in [-0.25, -0.2) is 0 Å². The van der Waals surface area contributed by atoms with E-state index in [4.69, 9.17) is 5.73 Å². The van der Waals surface area contributed by atoms with Crippen molar-refractivity contribution in [1.29, 1.82) is 0 Å². The van der Waals surface area contributed by atoms with Crippen molar-refractivity contribution in [3.05, 3.63) is 65.9 Å². The quantitative estimate of drug-likeness (QED) is 0.673. The Balaban J connectivity index is 2.19. The zero-order valence-corrected chi connectivity index (χ0v) is 10.0. The molecule has 0 fully saturated rings. The number of aromatic nitrogens is 1. The minimum Gasteiger partial charge on any atom is -0.399 e. The van der Waals surface area contributed by atoms with E-state index >= 15 is 0 Å². The second-order valence-corrected chi connectivity index (χ2v) is 4.45. The maximum atomic E-state index is 14.6. The molecule has 0 aliphatic carbocycles. The second kappa shape index (κ2) is 4.09. The Morgan fingerprint density at radius 2 is 1.79 bits per heavy atom. The monoisotopic (exact) mass is 258 g/mol. The first kappa shape index (κ1) is 11.7. The summed E-state index contributed by atoms with van der Waals surface area (Å²) in [5.41, 5.74) is 6.47. The van der Waals surface area contributed by atoms with Crippen LogP contribution in [-0.2, 0) is 5.92 Å². The highest BCUT2D eigenvalue weighted by molar-refractivity contribution is 5.84. The number of anilines is 1. The Morgan fingerprint density at radius 3 is 2.58 bits per heavy atom. The zero-order valence-electron chi connectivity index (χ0n) is 10.0. The van der Waals surface area contributed by atoms with Crippen molar-refractivity contribution in [1.82, 2.24) is 4.98 Å². The molecule has 2 aromatic carbocycles. The van der Waals surface area contributed by atoms with Crippen LogP contribution in [0.4, 0.5) is 14.5 Å². The van der Waals surface area contributed by atoms with Crippen LogP contribution in [0.5, 0.6) is 0 Å². The first-order chi connectivity index (χ1) is 9.09. The molecule has 3 aromatic rings. The minimum atomic E-state index is -3.07. The van der Waals surface area contributed by atoms with Crippen molar-refractivity contribution < 1.29 is 8.78 Å². The normalized spacial score (nSPS) is 11.9. The van der Waals surface area contributed by atoms with Crippen LogP contribution in [0, 0.1) is 0 Å². The highest BCUT2D eigenvalue weighted by Crippen LogP contribution is 2.39. The van der Waals surface area contributed by atoms with Gasteiger partial charge in [0.1, 0.15) is 0 Å². The topological polar surface area (TPSA) is 41.8 Å². The Hall–Kier alpha value is -2.36. The fourth-order valence-corrected chi connectivity index (χ4v) is 2.22. The molecule has 1 heterocycles. The van der Waals surface area contributed by atoms with Gasteiger partial charge in [0, 0.05) is 28.4 Å². The fourth-order valence-electron chi connectivity index (χ4n) is 2.22. The molecule has 0 radical (unpaired) electrons. The number of hydrogen-bond acceptors (Lipinski definition) is 1. The summed E-state index contributed by atoms with van der Waals surface area (Å²) in [6.07, 6.45) is 1.36. The number of benzene rings is 2. The number of H-pyrrole nitrogens is 1. The molecule has 0 bridgehead atoms. The number of hydrogen-bond donors (Lipinski definition) is 2. The number of halogens is 2. The van der Waals surface area contributed by atoms with Crippen molar-refractivity contribution in [2.45, 2.75) is 5.92 Å². The first-order valence-corrected chi connectivity index (χ1v) is 5.89. The SMILES string of the molecule is Nc1cccc(C(F)(F)c2c[nH]c3ccccc23)c1. The van der Waals surface area contributed by atoms with E-state index in [0.29, 0.717) is 16.6 Å². The molecule has 2 nitrogen and oxygen atoms in total. The average Bonchev–Trinajstić information content (AvgIpc) is 2.83. The number of fused-ring (bicyclic) bond motifs is 1. The van der Waals surface area contributed by atoms with Gasteiger partial charge in [-0.15, -0.1) is 0 Å². The molecule has 3 rings (SSSR count). The van der Waals surface area contributed by atoms with Crippen LogP contribution in [0.1, 0.15) is 11.1 Å². The molecule has 0 amide bonds. The zero-order chi connectivity index (χ0) is 13.5. The number of nitrogen functional groups attached to an aromatic ring is 1. The van der Waals surface area contributed by atoms with E-state index in [1.54, 1.807) is 30.3 Å². The molecule has 0 saturated heterocycles. The summed E-state index contributed by atoms with van der Waals surface area (Å²) in [6, 6.07) is 12.8. The Kier molecular flexibility index (Phi) is 2.52. The highest BCUT2D eigenvalue weighted by atomic mass is 19.3. The number of para-hydroxylation sites is 1. The maximum Gasteiger partial charge on any atom is 0.300 e. The van der Waals surface area contributed by atoms with Crippen LogP contribution in [0.3, 0.4) is 0 Å². The van der Waals surface area contributed by atoms with Gasteiger partial charge in [-0.05, 0) is 18.2 Å². The van der Waals surface area contributed by atoms with Crippen LogP contribution >= 0.6 is 0 Å². The van der Waals surface area contributed by atoms with E-state index in [-0.39, 0.29) is 11.1 Å². The van der Waals surface area contributed by atoms with Gasteiger partial charge in [-0.2, -0.15) is 8.78 Å². The lowest BCUT2D eigenvalue weighted by Gasteiger charge is -2.16. The van der Waals surface area contributed by atoms with Crippen molar-refractivity contribution in [3.63, 3.8) is 0 Å². The smallest absolute Gasteiger partial charge is 0.300 e. The van der Waals surface area contributed by atoms with Crippen LogP contribution in [-0.4, -0.2) is 4.98 Å². The predicted molar refractivity (Wildman–Crippen MR) is 72.1 cm³/mol. The molecule has 0 aliphatic rings. The van der Waals surface area contributed by atoms with E-state index in [9.17, 15) is 8.78 Å². The molecule has 0 spiro atoms. The van der Waals surface area contributed by atoms with Gasteiger partial charge in [0.15, 0.2) is 0 Å². The molecular weight excluding hydrogens is 246 g/mol. The van der Waals surface area contributed by atoms with Crippen molar-refractivity contribution in [2.75, 3.05) is 5.73 Å². The van der Waals surface area contributed by atoms with Gasteiger partial charge in [0.25, 0.3) is 0 Å². The fraction of sp³-hybridized carbons (Fsp3) is 0.0667. The Morgan fingerprint density at radius 1 is 1.00 bits per heavy atom. The predicted octanol–water partition coefficient (Wildman–Crippen LogP) is 3.89. The third-order valence-corrected chi connectivity index (χ3v) is 3.18. The van der Waals surface area contributed by atoms with E-state index in [1.165, 1.54) is 24.4 Å². The van der Waals surface area contributed by atoms with Crippen molar-refractivity contribution >= 4 is 16.6 Å². The number of nitrogens with one attached hydrogen (secondary N) is 1. The summed E-state index contributed by atoms with van der Waals surface area (Å²) in [5.74, 6) is -3.07. The molecule has 1 aromatic heterocycles. The van der Waals surface area contributed by atoms with E-state index in [2.05, 4.69) is 4.98 Å². The van der Waals surface area contributed by atoms with E-state index in [1.807, 2.05) is 0 Å². The number of rotatable bonds is 2. The molecule has 0 unspecified atom stereocenters. The Labute approximate surface area is 108 Å². The highest BCUT2D eigenvalue weighted by Gasteiger charge is 2.36. The molecule has 0 saturated carbocycles. The molecule has 0 atom stereocenters. The molecule has 96 valence electrons. The molecule has 3 N–H and O–H groups in total. The molecule has 4 heteroatoms. The van der Waals surface area contributed by atoms with Gasteiger partial charge in [0.05, 0.1) is 5.56 Å². The van der Waals surface area contributed by atoms with Crippen LogP contribution in [0.25, 0.3) is 10.9 Å². The lowest BCUT2D eigenvalue weighted by Crippen LogP contribution is -2.14. The first-order valence-electron chi connectivity index (χ1n) is 5.89. The summed E-state index contributed by atoms with van der Waals surface area (Å²) in [6.45, 7) is 0. The van der Waals surface area contributed by atoms with Crippen LogP contribution in [0.2, 0.25) is 0 Å². The maximum absolute atomic E-state index is 14.6. The largest absolute Gasteiger partial charge is 0.399 e. The summed E-state index contributed by atoms with van der Waals surface area (Å²) in [5, 5.41) is 0.523. The average molecular weight is 258 g/mol. The Bertz CT molecular complexity index is 732. The van der Waals surface area contributed by atoms with Gasteiger partial charge < -0.3 is 10.7 Å². The summed E-state index contributed by atoms with van der Waals surface area (Å²) >= 11 is 0. The summed E-state index contributed by atoms with van der Waals surface area (Å²) < 4.78 is 29.1. The molecule has 19 heavy (non-hydrogen) atoms. The molecule has 0 aliphatic heterocycles. The summed E-state index contributed by atoms with van der Waals surface area (Å²) in [4.78, 5) is 2.87. The number of alkyl halides is 2. The van der Waals surface area contributed by atoms with E-state index < -0.39 is 5.92 Å². The van der Waals surface area contributed by atoms with Gasteiger partial charge >= 0.3 is 5.92 Å².